The van der Waals surface area contributed by atoms with E-state index >= 15 is 0 Å². The van der Waals surface area contributed by atoms with Gasteiger partial charge in [-0.3, -0.25) is 9.48 Å². The molecular weight excluding hydrogens is 236 g/mol. The summed E-state index contributed by atoms with van der Waals surface area (Å²) < 4.78 is 7.27. The second-order valence-electron chi connectivity index (χ2n) is 2.61. The van der Waals surface area contributed by atoms with Crippen LogP contribution in [0.2, 0.25) is 0 Å². The van der Waals surface area contributed by atoms with Crippen LogP contribution < -0.4 is 0 Å². The van der Waals surface area contributed by atoms with Crippen LogP contribution in [0.4, 0.5) is 0 Å². The Morgan fingerprint density at radius 2 is 2.46 bits per heavy atom. The summed E-state index contributed by atoms with van der Waals surface area (Å²) in [5.41, 5.74) is 0.594. The average Bonchev–Trinajstić information content (AvgIpc) is 2.43. The van der Waals surface area contributed by atoms with Crippen LogP contribution in [0, 0.1) is 0 Å². The number of carbonyl (C=O) groups is 1. The summed E-state index contributed by atoms with van der Waals surface area (Å²) in [6, 6.07) is 0. The third kappa shape index (κ3) is 2.38. The van der Waals surface area contributed by atoms with Crippen molar-refractivity contribution in [2.75, 3.05) is 13.7 Å². The Balaban J connectivity index is 2.87. The van der Waals surface area contributed by atoms with E-state index in [1.165, 1.54) is 6.92 Å². The molecule has 0 aromatic carbocycles. The van der Waals surface area contributed by atoms with E-state index in [1.54, 1.807) is 18.0 Å². The zero-order chi connectivity index (χ0) is 9.84. The van der Waals surface area contributed by atoms with Crippen LogP contribution in [0.15, 0.2) is 10.7 Å². The molecule has 1 aromatic rings. The normalized spacial score (nSPS) is 10.4. The SMILES string of the molecule is COCCn1ncc(Br)c1C(C)=O. The maximum Gasteiger partial charge on any atom is 0.178 e. The number of halogens is 1. The predicted octanol–water partition coefficient (Wildman–Crippen LogP) is 1.49. The number of aromatic nitrogens is 2. The minimum Gasteiger partial charge on any atom is -0.383 e. The Kier molecular flexibility index (Phi) is 3.62. The molecule has 0 N–H and O–H groups in total. The van der Waals surface area contributed by atoms with Crippen LogP contribution in [0.1, 0.15) is 17.4 Å². The smallest absolute Gasteiger partial charge is 0.178 e. The van der Waals surface area contributed by atoms with Crippen LogP contribution in [0.3, 0.4) is 0 Å². The molecule has 0 amide bonds. The van der Waals surface area contributed by atoms with Crippen molar-refractivity contribution < 1.29 is 9.53 Å². The van der Waals surface area contributed by atoms with Gasteiger partial charge in [0.25, 0.3) is 0 Å². The number of ether oxygens (including phenoxy) is 1. The summed E-state index contributed by atoms with van der Waals surface area (Å²) in [6.45, 7) is 2.66. The maximum absolute atomic E-state index is 11.2. The standard InChI is InChI=1S/C8H11BrN2O2/c1-6(12)8-7(9)5-10-11(8)3-4-13-2/h5H,3-4H2,1-2H3. The molecule has 0 saturated carbocycles. The van der Waals surface area contributed by atoms with E-state index in [9.17, 15) is 4.79 Å². The topological polar surface area (TPSA) is 44.1 Å². The van der Waals surface area contributed by atoms with Gasteiger partial charge in [0, 0.05) is 14.0 Å². The van der Waals surface area contributed by atoms with Crippen LogP contribution >= 0.6 is 15.9 Å². The number of nitrogens with zero attached hydrogens (tertiary/aromatic N) is 2. The lowest BCUT2D eigenvalue weighted by Gasteiger charge is -2.03. The van der Waals surface area contributed by atoms with Gasteiger partial charge < -0.3 is 4.74 Å². The highest BCUT2D eigenvalue weighted by atomic mass is 79.9. The van der Waals surface area contributed by atoms with Crippen molar-refractivity contribution in [3.63, 3.8) is 0 Å². The second kappa shape index (κ2) is 4.53. The number of carbonyl (C=O) groups excluding carboxylic acids is 1. The predicted molar refractivity (Wildman–Crippen MR) is 51.8 cm³/mol. The molecule has 0 saturated heterocycles. The Bertz CT molecular complexity index is 309. The summed E-state index contributed by atoms with van der Waals surface area (Å²) in [6.07, 6.45) is 1.62. The minimum atomic E-state index is 0.000443. The molecule has 4 nitrogen and oxygen atoms in total. The largest absolute Gasteiger partial charge is 0.383 e. The number of Topliss-reactive ketones (excluding diaryl/α,β-unsaturated/α-hetero) is 1. The summed E-state index contributed by atoms with van der Waals surface area (Å²) in [7, 11) is 1.62. The molecule has 0 atom stereocenters. The van der Waals surface area contributed by atoms with E-state index in [0.717, 1.165) is 4.47 Å². The molecule has 0 radical (unpaired) electrons. The van der Waals surface area contributed by atoms with Crippen LogP contribution in [-0.2, 0) is 11.3 Å². The number of methoxy groups -OCH3 is 1. The minimum absolute atomic E-state index is 0.000443. The summed E-state index contributed by atoms with van der Waals surface area (Å²) in [5.74, 6) is 0.000443. The quantitative estimate of drug-likeness (QED) is 0.757. The molecule has 0 aliphatic carbocycles. The van der Waals surface area contributed by atoms with Gasteiger partial charge in [0.05, 0.1) is 23.8 Å². The van der Waals surface area contributed by atoms with E-state index in [0.29, 0.717) is 18.8 Å². The molecule has 0 unspecified atom stereocenters. The number of hydrogen-bond acceptors (Lipinski definition) is 3. The third-order valence-electron chi connectivity index (χ3n) is 1.64. The Morgan fingerprint density at radius 3 is 3.00 bits per heavy atom. The lowest BCUT2D eigenvalue weighted by atomic mass is 10.3. The van der Waals surface area contributed by atoms with Crippen molar-refractivity contribution in [2.24, 2.45) is 0 Å². The van der Waals surface area contributed by atoms with Gasteiger partial charge >= 0.3 is 0 Å². The zero-order valence-corrected chi connectivity index (χ0v) is 9.17. The first-order valence-corrected chi connectivity index (χ1v) is 4.67. The Labute approximate surface area is 85.0 Å². The number of hydrogen-bond donors (Lipinski definition) is 0. The van der Waals surface area contributed by atoms with E-state index in [-0.39, 0.29) is 5.78 Å². The highest BCUT2D eigenvalue weighted by molar-refractivity contribution is 9.10. The van der Waals surface area contributed by atoms with Crippen molar-refractivity contribution in [3.05, 3.63) is 16.4 Å². The van der Waals surface area contributed by atoms with Gasteiger partial charge in [0.2, 0.25) is 0 Å². The molecule has 1 heterocycles. The fourth-order valence-electron chi connectivity index (χ4n) is 1.06. The Morgan fingerprint density at radius 1 is 1.77 bits per heavy atom. The lowest BCUT2D eigenvalue weighted by molar-refractivity contribution is 0.0998. The first kappa shape index (κ1) is 10.4. The number of ketones is 1. The lowest BCUT2D eigenvalue weighted by Crippen LogP contribution is -2.12. The monoisotopic (exact) mass is 246 g/mol. The van der Waals surface area contributed by atoms with Crippen LogP contribution in [-0.4, -0.2) is 29.3 Å². The van der Waals surface area contributed by atoms with E-state index in [4.69, 9.17) is 4.74 Å². The van der Waals surface area contributed by atoms with Gasteiger partial charge in [-0.25, -0.2) is 0 Å². The first-order valence-electron chi connectivity index (χ1n) is 3.88. The Hall–Kier alpha value is -0.680. The molecule has 0 aliphatic rings. The first-order chi connectivity index (χ1) is 6.16. The highest BCUT2D eigenvalue weighted by Gasteiger charge is 2.12. The molecule has 0 spiro atoms. The summed E-state index contributed by atoms with van der Waals surface area (Å²) in [4.78, 5) is 11.2. The summed E-state index contributed by atoms with van der Waals surface area (Å²) >= 11 is 3.26. The summed E-state index contributed by atoms with van der Waals surface area (Å²) in [5, 5.41) is 4.04. The van der Waals surface area contributed by atoms with E-state index < -0.39 is 0 Å². The fourth-order valence-corrected chi connectivity index (χ4v) is 1.64. The molecule has 1 rings (SSSR count). The maximum atomic E-state index is 11.2. The molecule has 0 bridgehead atoms. The van der Waals surface area contributed by atoms with Crippen molar-refractivity contribution in [1.29, 1.82) is 0 Å². The van der Waals surface area contributed by atoms with Crippen molar-refractivity contribution >= 4 is 21.7 Å². The van der Waals surface area contributed by atoms with Crippen molar-refractivity contribution in [3.8, 4) is 0 Å². The van der Waals surface area contributed by atoms with Gasteiger partial charge in [0.15, 0.2) is 5.78 Å². The van der Waals surface area contributed by atoms with Gasteiger partial charge in [-0.15, -0.1) is 0 Å². The van der Waals surface area contributed by atoms with Crippen molar-refractivity contribution in [1.82, 2.24) is 9.78 Å². The highest BCUT2D eigenvalue weighted by Crippen LogP contribution is 2.16. The zero-order valence-electron chi connectivity index (χ0n) is 7.58. The van der Waals surface area contributed by atoms with Gasteiger partial charge in [0.1, 0.15) is 5.69 Å². The molecule has 0 fully saturated rings. The molecule has 0 aliphatic heterocycles. The molecule has 72 valence electrons. The fraction of sp³-hybridized carbons (Fsp3) is 0.500. The van der Waals surface area contributed by atoms with E-state index in [2.05, 4.69) is 21.0 Å². The third-order valence-corrected chi connectivity index (χ3v) is 2.22. The van der Waals surface area contributed by atoms with Gasteiger partial charge in [-0.2, -0.15) is 5.10 Å². The second-order valence-corrected chi connectivity index (χ2v) is 3.47. The van der Waals surface area contributed by atoms with Crippen molar-refractivity contribution in [2.45, 2.75) is 13.5 Å². The van der Waals surface area contributed by atoms with Gasteiger partial charge in [-0.05, 0) is 15.9 Å². The van der Waals surface area contributed by atoms with Crippen LogP contribution in [0.25, 0.3) is 0 Å². The molecule has 13 heavy (non-hydrogen) atoms. The molecular formula is C8H11BrN2O2. The molecule has 5 heteroatoms. The van der Waals surface area contributed by atoms with Crippen LogP contribution in [0.5, 0.6) is 0 Å². The van der Waals surface area contributed by atoms with E-state index in [1.807, 2.05) is 0 Å². The number of rotatable bonds is 4. The molecule has 1 aromatic heterocycles. The average molecular weight is 247 g/mol. The van der Waals surface area contributed by atoms with Gasteiger partial charge in [-0.1, -0.05) is 0 Å².